The van der Waals surface area contributed by atoms with Crippen molar-refractivity contribution in [2.24, 2.45) is 5.92 Å². The minimum Gasteiger partial charge on any atom is -0.494 e. The highest BCUT2D eigenvalue weighted by atomic mass is 35.5. The maximum atomic E-state index is 14.3. The van der Waals surface area contributed by atoms with Crippen LogP contribution in [-0.2, 0) is 13.0 Å². The lowest BCUT2D eigenvalue weighted by molar-refractivity contribution is 0.340. The zero-order chi connectivity index (χ0) is 70.3. The number of rotatable bonds is 18. The van der Waals surface area contributed by atoms with Crippen molar-refractivity contribution < 1.29 is 18.6 Å². The number of piperidine rings is 1. The fourth-order valence-corrected chi connectivity index (χ4v) is 15.2. The van der Waals surface area contributed by atoms with Crippen LogP contribution in [0, 0.1) is 74.0 Å². The van der Waals surface area contributed by atoms with Crippen LogP contribution in [0.2, 0.25) is 5.02 Å². The number of aromatic nitrogens is 9. The van der Waals surface area contributed by atoms with Crippen LogP contribution in [0.5, 0.6) is 17.2 Å². The van der Waals surface area contributed by atoms with Crippen molar-refractivity contribution in [1.82, 2.24) is 44.3 Å². The Hall–Kier alpha value is -10.0. The number of para-hydroxylation sites is 1. The van der Waals surface area contributed by atoms with Gasteiger partial charge >= 0.3 is 0 Å². The van der Waals surface area contributed by atoms with Crippen molar-refractivity contribution in [2.45, 2.75) is 115 Å². The average molecular weight is 1360 g/mol. The molecule has 2 aliphatic heterocycles. The van der Waals surface area contributed by atoms with Crippen LogP contribution in [0.1, 0.15) is 102 Å². The first kappa shape index (κ1) is 69.9. The molecule has 2 fully saturated rings. The molecular weight excluding hydrogens is 1270 g/mol. The fourth-order valence-electron chi connectivity index (χ4n) is 15.0. The van der Waals surface area contributed by atoms with Gasteiger partial charge < -0.3 is 47.5 Å². The van der Waals surface area contributed by atoms with Gasteiger partial charge in [-0.3, -0.25) is 0 Å². The minimum absolute atomic E-state index is 0.174. The monoisotopic (exact) mass is 1360 g/mol. The van der Waals surface area contributed by atoms with Crippen molar-refractivity contribution >= 4 is 67.1 Å². The van der Waals surface area contributed by atoms with Gasteiger partial charge in [0.15, 0.2) is 17.5 Å². The molecule has 0 aliphatic carbocycles. The van der Waals surface area contributed by atoms with Gasteiger partial charge in [-0.15, -0.1) is 15.3 Å². The van der Waals surface area contributed by atoms with Crippen molar-refractivity contribution in [3.8, 4) is 34.3 Å². The summed E-state index contributed by atoms with van der Waals surface area (Å²) in [5.74, 6) is 6.05. The third-order valence-corrected chi connectivity index (χ3v) is 20.1. The van der Waals surface area contributed by atoms with Gasteiger partial charge in [0.25, 0.3) is 0 Å². The predicted molar refractivity (Wildman–Crippen MR) is 407 cm³/mol. The zero-order valence-corrected chi connectivity index (χ0v) is 61.0. The van der Waals surface area contributed by atoms with Gasteiger partial charge in [-0.2, -0.15) is 15.3 Å². The Balaban J connectivity index is 0.000000143. The highest BCUT2D eigenvalue weighted by Gasteiger charge is 2.29. The molecule has 0 radical (unpaired) electrons. The van der Waals surface area contributed by atoms with E-state index < -0.39 is 0 Å². The van der Waals surface area contributed by atoms with E-state index in [-0.39, 0.29) is 5.82 Å². The van der Waals surface area contributed by atoms with Crippen molar-refractivity contribution in [1.29, 1.82) is 0 Å². The van der Waals surface area contributed by atoms with E-state index in [9.17, 15) is 4.39 Å². The Bertz CT molecular complexity index is 4790. The number of fused-ring (bicyclic) bond motifs is 3. The lowest BCUT2D eigenvalue weighted by Gasteiger charge is -2.37. The van der Waals surface area contributed by atoms with Crippen LogP contribution in [0.15, 0.2) is 152 Å². The van der Waals surface area contributed by atoms with E-state index in [1.165, 1.54) is 75.4 Å². The molecule has 100 heavy (non-hydrogen) atoms. The number of piperazine rings is 1. The van der Waals surface area contributed by atoms with Gasteiger partial charge in [0.2, 0.25) is 0 Å². The number of benzene rings is 6. The molecule has 0 N–H and O–H groups in total. The molecule has 0 bridgehead atoms. The van der Waals surface area contributed by atoms with Crippen molar-refractivity contribution in [3.63, 3.8) is 0 Å². The summed E-state index contributed by atoms with van der Waals surface area (Å²) in [5, 5.41) is 35.5. The van der Waals surface area contributed by atoms with Gasteiger partial charge in [0.1, 0.15) is 23.1 Å². The number of ether oxygens (including phenoxy) is 3. The summed E-state index contributed by atoms with van der Waals surface area (Å²) >= 11 is 6.04. The van der Waals surface area contributed by atoms with Crippen molar-refractivity contribution in [2.75, 3.05) is 85.7 Å². The molecule has 6 aromatic heterocycles. The van der Waals surface area contributed by atoms with Crippen LogP contribution in [0.25, 0.3) is 49.4 Å². The molecule has 16 nitrogen and oxygen atoms in total. The number of anilines is 4. The van der Waals surface area contributed by atoms with Crippen LogP contribution in [0.4, 0.5) is 27.5 Å². The highest BCUT2D eigenvalue weighted by molar-refractivity contribution is 6.30. The van der Waals surface area contributed by atoms with Crippen LogP contribution >= 0.6 is 11.6 Å². The lowest BCUT2D eigenvalue weighted by Crippen LogP contribution is -2.47. The van der Waals surface area contributed by atoms with Gasteiger partial charge in [0, 0.05) is 141 Å². The summed E-state index contributed by atoms with van der Waals surface area (Å²) in [5.41, 5.74) is 16.5. The Morgan fingerprint density at radius 2 is 0.810 bits per heavy atom. The van der Waals surface area contributed by atoms with Crippen LogP contribution in [-0.4, -0.2) is 110 Å². The normalized spacial score (nSPS) is 13.4. The molecule has 18 heteroatoms. The fraction of sp³-hybridized carbons (Fsp3) is 0.341. The first-order valence-electron chi connectivity index (χ1n) is 35.2. The van der Waals surface area contributed by atoms with E-state index in [0.29, 0.717) is 25.5 Å². The van der Waals surface area contributed by atoms with E-state index in [1.54, 1.807) is 6.07 Å². The summed E-state index contributed by atoms with van der Waals surface area (Å²) in [6, 6.07) is 50.5. The lowest BCUT2D eigenvalue weighted by atomic mass is 9.90. The smallest absolute Gasteiger partial charge is 0.161 e. The molecule has 0 saturated carbocycles. The summed E-state index contributed by atoms with van der Waals surface area (Å²) in [7, 11) is 2.08. The Morgan fingerprint density at radius 3 is 1.26 bits per heavy atom. The van der Waals surface area contributed by atoms with E-state index in [4.69, 9.17) is 30.9 Å². The molecule has 518 valence electrons. The van der Waals surface area contributed by atoms with Crippen LogP contribution < -0.4 is 33.8 Å². The molecule has 6 aromatic carbocycles. The SMILES string of the molecule is CCOc1ccc(-n2c(C)c3c(C)nnc(N(C)Cc4ccccc4)c3c2C)cc1.CCOc1ccc(-n2c(C)c3c(C)nnc(N4CCC(CCc5ccc(Cl)cc5)CC4)c3c2C)cc1.CCOc1ccc(-n2c(C)c3c(C)nnc(N4CCN(c5ccccc5F)CC4)c3c2C)cc1. The molecule has 14 rings (SSSR count). The number of halogens is 2. The quantitative estimate of drug-likeness (QED) is 0.0808. The van der Waals surface area contributed by atoms with Crippen molar-refractivity contribution in [3.05, 3.63) is 225 Å². The second-order valence-corrected chi connectivity index (χ2v) is 26.7. The molecule has 0 atom stereocenters. The largest absolute Gasteiger partial charge is 0.494 e. The van der Waals surface area contributed by atoms with Gasteiger partial charge in [0.05, 0.1) is 42.6 Å². The minimum atomic E-state index is -0.174. The second-order valence-electron chi connectivity index (χ2n) is 26.2. The zero-order valence-electron chi connectivity index (χ0n) is 60.2. The Labute approximate surface area is 592 Å². The maximum absolute atomic E-state index is 14.3. The summed E-state index contributed by atoms with van der Waals surface area (Å²) in [6.07, 6.45) is 4.70. The molecule has 12 aromatic rings. The highest BCUT2D eigenvalue weighted by Crippen LogP contribution is 2.41. The van der Waals surface area contributed by atoms with E-state index in [2.05, 4.69) is 187 Å². The van der Waals surface area contributed by atoms with E-state index >= 15 is 0 Å². The Morgan fingerprint density at radius 1 is 0.420 bits per heavy atom. The molecule has 2 aliphatic rings. The summed E-state index contributed by atoms with van der Waals surface area (Å²) in [4.78, 5) is 9.01. The third-order valence-electron chi connectivity index (χ3n) is 19.9. The number of hydrogen-bond acceptors (Lipinski definition) is 13. The number of hydrogen-bond donors (Lipinski definition) is 0. The van der Waals surface area contributed by atoms with Gasteiger partial charge in [-0.05, 0) is 223 Å². The Kier molecular flexibility index (Phi) is 21.7. The third kappa shape index (κ3) is 14.5. The first-order chi connectivity index (χ1) is 48.5. The molecule has 0 unspecified atom stereocenters. The topological polar surface area (TPSA) is 133 Å². The van der Waals surface area contributed by atoms with Gasteiger partial charge in [-0.1, -0.05) is 66.2 Å². The van der Waals surface area contributed by atoms with Crippen LogP contribution in [0.3, 0.4) is 0 Å². The molecule has 0 spiro atoms. The standard InChI is InChI=1S/C30H35ClN4O.C27H30FN5O.C25H28N4O/c1-5-36-27-14-12-26(13-15-27)35-21(3)28-20(2)32-33-30(29(28)22(35)4)34-18-16-24(17-19-34)7-6-23-8-10-25(31)11-9-23;1-5-34-22-12-10-21(11-13-22)33-19(3)25-18(2)29-30-27(26(25)20(33)4)32-16-14-31(15-17-32)24-9-7-6-8-23(24)28;1-6-30-22-14-12-21(13-15-22)29-18(3)23-17(2)26-27-25(24(23)19(29)4)28(5)16-20-10-8-7-9-11-20/h8-15,24H,5-7,16-19H2,1-4H3;6-13H,5,14-17H2,1-4H3;7-15H,6,16H2,1-5H3. The molecule has 2 saturated heterocycles. The second kappa shape index (κ2) is 31.0. The number of aryl methyl sites for hydroxylation is 10. The van der Waals surface area contributed by atoms with E-state index in [1.807, 2.05) is 101 Å². The average Bonchev–Trinajstić information content (AvgIpc) is 1.60. The number of nitrogens with zero attached hydrogens (tertiary/aromatic N) is 13. The summed E-state index contributed by atoms with van der Waals surface area (Å²) in [6.45, 7) is 32.9. The van der Waals surface area contributed by atoms with E-state index in [0.717, 1.165) is 160 Å². The molecular formula is C82H93ClFN13O3. The molecule has 8 heterocycles. The van der Waals surface area contributed by atoms with Gasteiger partial charge in [-0.25, -0.2) is 4.39 Å². The molecule has 0 amide bonds. The predicted octanol–water partition coefficient (Wildman–Crippen LogP) is 17.8. The maximum Gasteiger partial charge on any atom is 0.161 e. The summed E-state index contributed by atoms with van der Waals surface area (Å²) < 4.78 is 38.1. The first-order valence-corrected chi connectivity index (χ1v) is 35.6.